The van der Waals surface area contributed by atoms with Crippen molar-refractivity contribution in [1.82, 2.24) is 10.2 Å². The number of benzene rings is 1. The highest BCUT2D eigenvalue weighted by molar-refractivity contribution is 7.15. The van der Waals surface area contributed by atoms with Gasteiger partial charge in [-0.3, -0.25) is 10.1 Å². The summed E-state index contributed by atoms with van der Waals surface area (Å²) in [5, 5.41) is 8.69. The molecule has 2 aromatic rings. The fraction of sp³-hybridized carbons (Fsp3) is 0.250. The number of hydrogen-bond donors (Lipinski definition) is 1. The van der Waals surface area contributed by atoms with Crippen molar-refractivity contribution >= 4 is 22.4 Å². The lowest BCUT2D eigenvalue weighted by Gasteiger charge is -2.25. The lowest BCUT2D eigenvalue weighted by Crippen LogP contribution is -2.40. The number of anilines is 1. The van der Waals surface area contributed by atoms with Crippen molar-refractivity contribution in [2.75, 3.05) is 11.9 Å². The molecule has 0 spiro atoms. The zero-order chi connectivity index (χ0) is 14.8. The Morgan fingerprint density at radius 1 is 1.33 bits per heavy atom. The summed E-state index contributed by atoms with van der Waals surface area (Å²) in [5.74, 6) is 0.480. The third-order valence-corrected chi connectivity index (χ3v) is 3.50. The summed E-state index contributed by atoms with van der Waals surface area (Å²) in [6.45, 7) is 0.0311. The van der Waals surface area contributed by atoms with Crippen LogP contribution in [0.15, 0.2) is 24.3 Å². The monoisotopic (exact) mass is 313 g/mol. The topological polar surface area (TPSA) is 73.3 Å². The highest BCUT2D eigenvalue weighted by atomic mass is 32.1. The van der Waals surface area contributed by atoms with Crippen molar-refractivity contribution in [3.05, 3.63) is 29.3 Å². The van der Waals surface area contributed by atoms with Gasteiger partial charge in [0.25, 0.3) is 12.3 Å². The van der Waals surface area contributed by atoms with Gasteiger partial charge < -0.3 is 9.47 Å². The van der Waals surface area contributed by atoms with Crippen LogP contribution in [0.2, 0.25) is 0 Å². The Labute approximate surface area is 121 Å². The minimum absolute atomic E-state index is 0.00208. The number of carbonyl (C=O) groups excluding carboxylic acids is 1. The molecule has 1 unspecified atom stereocenters. The lowest BCUT2D eigenvalue weighted by atomic mass is 10.2. The number of fused-ring (bicyclic) bond motifs is 1. The molecule has 3 rings (SSSR count). The minimum Gasteiger partial charge on any atom is -0.485 e. The van der Waals surface area contributed by atoms with Gasteiger partial charge in [-0.1, -0.05) is 23.5 Å². The molecule has 1 atom stereocenters. The van der Waals surface area contributed by atoms with E-state index in [1.54, 1.807) is 24.3 Å². The first-order chi connectivity index (χ1) is 10.1. The zero-order valence-electron chi connectivity index (χ0n) is 10.5. The van der Waals surface area contributed by atoms with Gasteiger partial charge in [0.05, 0.1) is 0 Å². The lowest BCUT2D eigenvalue weighted by molar-refractivity contribution is -0.125. The van der Waals surface area contributed by atoms with Crippen LogP contribution in [-0.2, 0) is 4.79 Å². The molecule has 0 saturated heterocycles. The Hall–Kier alpha value is -2.29. The first-order valence-corrected chi connectivity index (χ1v) is 6.76. The van der Waals surface area contributed by atoms with Gasteiger partial charge in [-0.2, -0.15) is 0 Å². The van der Waals surface area contributed by atoms with Crippen molar-refractivity contribution in [3.63, 3.8) is 0 Å². The van der Waals surface area contributed by atoms with Crippen molar-refractivity contribution in [2.24, 2.45) is 0 Å². The summed E-state index contributed by atoms with van der Waals surface area (Å²) >= 11 is 0.618. The average Bonchev–Trinajstić information content (AvgIpc) is 2.95. The molecule has 0 aliphatic carbocycles. The van der Waals surface area contributed by atoms with Gasteiger partial charge in [0.2, 0.25) is 11.2 Å². The Morgan fingerprint density at radius 2 is 2.10 bits per heavy atom. The molecule has 1 amide bonds. The predicted octanol–water partition coefficient (Wildman–Crippen LogP) is 2.25. The van der Waals surface area contributed by atoms with Crippen LogP contribution >= 0.6 is 11.3 Å². The molecule has 1 aromatic carbocycles. The van der Waals surface area contributed by atoms with Crippen LogP contribution in [0.25, 0.3) is 0 Å². The summed E-state index contributed by atoms with van der Waals surface area (Å²) in [6.07, 6.45) is -3.59. The van der Waals surface area contributed by atoms with Crippen molar-refractivity contribution in [3.8, 4) is 11.5 Å². The predicted molar refractivity (Wildman–Crippen MR) is 69.8 cm³/mol. The number of nitrogens with zero attached hydrogens (tertiary/aromatic N) is 2. The molecule has 0 bridgehead atoms. The Morgan fingerprint density at radius 3 is 2.81 bits per heavy atom. The molecule has 1 aromatic heterocycles. The molecule has 0 saturated carbocycles. The molecule has 0 fully saturated rings. The van der Waals surface area contributed by atoms with E-state index in [1.807, 2.05) is 0 Å². The zero-order valence-corrected chi connectivity index (χ0v) is 11.3. The number of carbonyl (C=O) groups is 1. The van der Waals surface area contributed by atoms with E-state index in [0.29, 0.717) is 22.8 Å². The van der Waals surface area contributed by atoms with E-state index in [-0.39, 0.29) is 11.7 Å². The summed E-state index contributed by atoms with van der Waals surface area (Å²) in [6, 6.07) is 6.94. The molecule has 1 aliphatic heterocycles. The normalized spacial score (nSPS) is 16.8. The maximum absolute atomic E-state index is 12.4. The fourth-order valence-corrected chi connectivity index (χ4v) is 2.31. The van der Waals surface area contributed by atoms with Gasteiger partial charge in [-0.05, 0) is 12.1 Å². The SMILES string of the molecule is O=C(Nc1nnc(C(F)F)s1)C1COc2ccccc2O1. The Bertz CT molecular complexity index is 665. The van der Waals surface area contributed by atoms with Crippen molar-refractivity contribution in [2.45, 2.75) is 12.5 Å². The van der Waals surface area contributed by atoms with Crippen LogP contribution in [-0.4, -0.2) is 28.8 Å². The maximum Gasteiger partial charge on any atom is 0.291 e. The third kappa shape index (κ3) is 2.92. The Kier molecular flexibility index (Phi) is 3.65. The molecule has 0 radical (unpaired) electrons. The van der Waals surface area contributed by atoms with Gasteiger partial charge >= 0.3 is 0 Å². The Balaban J connectivity index is 1.66. The highest BCUT2D eigenvalue weighted by Gasteiger charge is 2.28. The number of nitrogens with one attached hydrogen (secondary N) is 1. The summed E-state index contributed by atoms with van der Waals surface area (Å²) in [7, 11) is 0. The smallest absolute Gasteiger partial charge is 0.291 e. The van der Waals surface area contributed by atoms with Gasteiger partial charge in [-0.15, -0.1) is 10.2 Å². The van der Waals surface area contributed by atoms with E-state index in [9.17, 15) is 13.6 Å². The maximum atomic E-state index is 12.4. The van der Waals surface area contributed by atoms with Crippen LogP contribution in [0.4, 0.5) is 13.9 Å². The van der Waals surface area contributed by atoms with E-state index in [2.05, 4.69) is 15.5 Å². The van der Waals surface area contributed by atoms with Crippen LogP contribution < -0.4 is 14.8 Å². The van der Waals surface area contributed by atoms with Crippen LogP contribution in [0.3, 0.4) is 0 Å². The van der Waals surface area contributed by atoms with E-state index in [0.717, 1.165) is 0 Å². The number of amides is 1. The van der Waals surface area contributed by atoms with Crippen molar-refractivity contribution in [1.29, 1.82) is 0 Å². The number of halogens is 2. The summed E-state index contributed by atoms with van der Waals surface area (Å²) in [4.78, 5) is 12.0. The number of aromatic nitrogens is 2. The second kappa shape index (κ2) is 5.60. The number of alkyl halides is 2. The van der Waals surface area contributed by atoms with E-state index >= 15 is 0 Å². The molecule has 1 N–H and O–H groups in total. The van der Waals surface area contributed by atoms with E-state index in [4.69, 9.17) is 9.47 Å². The molecular formula is C12H9F2N3O3S. The largest absolute Gasteiger partial charge is 0.485 e. The molecule has 110 valence electrons. The molecule has 6 nitrogen and oxygen atoms in total. The summed E-state index contributed by atoms with van der Waals surface area (Å²) in [5.41, 5.74) is 0. The molecular weight excluding hydrogens is 304 g/mol. The quantitative estimate of drug-likeness (QED) is 0.941. The molecule has 9 heteroatoms. The van der Waals surface area contributed by atoms with E-state index in [1.165, 1.54) is 0 Å². The van der Waals surface area contributed by atoms with Crippen LogP contribution in [0, 0.1) is 0 Å². The number of rotatable bonds is 3. The first kappa shape index (κ1) is 13.7. The standard InChI is InChI=1S/C12H9F2N3O3S/c13-9(14)11-16-17-12(21-11)15-10(18)8-5-19-6-3-1-2-4-7(6)20-8/h1-4,8-9H,5H2,(H,15,17,18). The van der Waals surface area contributed by atoms with Crippen molar-refractivity contribution < 1.29 is 23.0 Å². The fourth-order valence-electron chi connectivity index (χ4n) is 1.71. The minimum atomic E-state index is -2.71. The van der Waals surface area contributed by atoms with Gasteiger partial charge in [0.1, 0.15) is 6.61 Å². The number of hydrogen-bond acceptors (Lipinski definition) is 6. The summed E-state index contributed by atoms with van der Waals surface area (Å²) < 4.78 is 35.7. The molecule has 2 heterocycles. The molecule has 21 heavy (non-hydrogen) atoms. The first-order valence-electron chi connectivity index (χ1n) is 5.94. The van der Waals surface area contributed by atoms with Crippen LogP contribution in [0.1, 0.15) is 11.4 Å². The van der Waals surface area contributed by atoms with E-state index < -0.39 is 23.4 Å². The molecule has 1 aliphatic rings. The van der Waals surface area contributed by atoms with Gasteiger partial charge in [0.15, 0.2) is 16.5 Å². The highest BCUT2D eigenvalue weighted by Crippen LogP contribution is 2.31. The number of ether oxygens (including phenoxy) is 2. The van der Waals surface area contributed by atoms with Gasteiger partial charge in [0, 0.05) is 0 Å². The number of para-hydroxylation sites is 2. The average molecular weight is 313 g/mol. The third-order valence-electron chi connectivity index (χ3n) is 2.66. The second-order valence-corrected chi connectivity index (χ2v) is 5.11. The van der Waals surface area contributed by atoms with Gasteiger partial charge in [-0.25, -0.2) is 8.78 Å². The van der Waals surface area contributed by atoms with Crippen LogP contribution in [0.5, 0.6) is 11.5 Å². The second-order valence-electron chi connectivity index (χ2n) is 4.10.